The molecule has 1 aromatic carbocycles. The lowest BCUT2D eigenvalue weighted by Crippen LogP contribution is -2.44. The SMILES string of the molecule is C=C(c1cccc(Cl)c1)C(C)N(C(=O)/C(C(=N)C(F)F)=C(\F)NC)C1CC1. The summed E-state index contributed by atoms with van der Waals surface area (Å²) < 4.78 is 40.2. The molecule has 1 fully saturated rings. The zero-order chi connectivity index (χ0) is 20.3. The minimum absolute atomic E-state index is 0.214. The number of carbonyl (C=O) groups is 1. The molecule has 0 radical (unpaired) electrons. The average molecular weight is 400 g/mol. The van der Waals surface area contributed by atoms with E-state index in [0.29, 0.717) is 29.0 Å². The van der Waals surface area contributed by atoms with Gasteiger partial charge in [-0.05, 0) is 43.0 Å². The summed E-state index contributed by atoms with van der Waals surface area (Å²) in [5.74, 6) is -2.21. The van der Waals surface area contributed by atoms with Crippen molar-refractivity contribution in [3.8, 4) is 0 Å². The molecule has 1 aliphatic carbocycles. The van der Waals surface area contributed by atoms with Gasteiger partial charge in [-0.15, -0.1) is 0 Å². The smallest absolute Gasteiger partial charge is 0.280 e. The minimum Gasteiger partial charge on any atom is -0.364 e. The van der Waals surface area contributed by atoms with E-state index in [1.54, 1.807) is 31.2 Å². The van der Waals surface area contributed by atoms with Crippen LogP contribution in [0.3, 0.4) is 0 Å². The number of alkyl halides is 2. The van der Waals surface area contributed by atoms with Crippen LogP contribution in [0, 0.1) is 5.41 Å². The Morgan fingerprint density at radius 2 is 2.04 bits per heavy atom. The molecule has 2 rings (SSSR count). The fourth-order valence-electron chi connectivity index (χ4n) is 2.80. The van der Waals surface area contributed by atoms with Gasteiger partial charge in [0.1, 0.15) is 11.3 Å². The van der Waals surface area contributed by atoms with Crippen molar-refractivity contribution in [2.24, 2.45) is 0 Å². The zero-order valence-electron chi connectivity index (χ0n) is 15.0. The molecule has 1 atom stereocenters. The van der Waals surface area contributed by atoms with Crippen LogP contribution in [0.4, 0.5) is 13.2 Å². The van der Waals surface area contributed by atoms with Crippen LogP contribution >= 0.6 is 11.6 Å². The van der Waals surface area contributed by atoms with Crippen LogP contribution in [0.25, 0.3) is 5.57 Å². The van der Waals surface area contributed by atoms with E-state index in [-0.39, 0.29) is 6.04 Å². The quantitative estimate of drug-likeness (QED) is 0.386. The summed E-state index contributed by atoms with van der Waals surface area (Å²) in [5, 5.41) is 10.0. The van der Waals surface area contributed by atoms with Gasteiger partial charge in [0.05, 0.1) is 6.04 Å². The molecule has 2 N–H and O–H groups in total. The number of amides is 1. The topological polar surface area (TPSA) is 56.2 Å². The molecule has 1 unspecified atom stereocenters. The number of halogens is 4. The van der Waals surface area contributed by atoms with Crippen LogP contribution in [-0.4, -0.2) is 42.1 Å². The van der Waals surface area contributed by atoms with E-state index >= 15 is 0 Å². The Labute approximate surface area is 161 Å². The molecule has 146 valence electrons. The first-order chi connectivity index (χ1) is 12.7. The van der Waals surface area contributed by atoms with Gasteiger partial charge in [0.15, 0.2) is 0 Å². The van der Waals surface area contributed by atoms with Crippen molar-refractivity contribution in [1.29, 1.82) is 5.41 Å². The van der Waals surface area contributed by atoms with Gasteiger partial charge in [-0.2, -0.15) is 4.39 Å². The number of nitrogens with one attached hydrogen (secondary N) is 2. The third kappa shape index (κ3) is 4.71. The van der Waals surface area contributed by atoms with Crippen molar-refractivity contribution in [3.05, 3.63) is 53.0 Å². The molecule has 1 amide bonds. The molecule has 1 aromatic rings. The fraction of sp³-hybridized carbons (Fsp3) is 0.368. The maximum Gasteiger partial charge on any atom is 0.280 e. The van der Waals surface area contributed by atoms with Gasteiger partial charge in [-0.25, -0.2) is 8.78 Å². The summed E-state index contributed by atoms with van der Waals surface area (Å²) in [7, 11) is 1.16. The van der Waals surface area contributed by atoms with Crippen LogP contribution in [-0.2, 0) is 4.79 Å². The Balaban J connectivity index is 2.39. The van der Waals surface area contributed by atoms with Crippen LogP contribution in [0.1, 0.15) is 25.3 Å². The Kier molecular flexibility index (Phi) is 6.70. The largest absolute Gasteiger partial charge is 0.364 e. The van der Waals surface area contributed by atoms with E-state index in [1.165, 1.54) is 4.90 Å². The number of hydrogen-bond donors (Lipinski definition) is 2. The zero-order valence-corrected chi connectivity index (χ0v) is 15.8. The molecular weight excluding hydrogens is 379 g/mol. The number of rotatable bonds is 8. The molecule has 1 aliphatic rings. The number of carbonyl (C=O) groups excluding carboxylic acids is 1. The molecule has 0 saturated heterocycles. The number of benzene rings is 1. The van der Waals surface area contributed by atoms with E-state index in [4.69, 9.17) is 17.0 Å². The van der Waals surface area contributed by atoms with Gasteiger partial charge in [0.25, 0.3) is 12.3 Å². The highest BCUT2D eigenvalue weighted by atomic mass is 35.5. The minimum atomic E-state index is -3.27. The average Bonchev–Trinajstić information content (AvgIpc) is 3.45. The van der Waals surface area contributed by atoms with Gasteiger partial charge >= 0.3 is 0 Å². The first-order valence-electron chi connectivity index (χ1n) is 8.40. The number of hydrogen-bond acceptors (Lipinski definition) is 3. The van der Waals surface area contributed by atoms with Crippen LogP contribution in [0.5, 0.6) is 0 Å². The van der Waals surface area contributed by atoms with Gasteiger partial charge < -0.3 is 10.2 Å². The second kappa shape index (κ2) is 8.61. The Hall–Kier alpha value is -2.28. The van der Waals surface area contributed by atoms with E-state index in [1.807, 2.05) is 0 Å². The van der Waals surface area contributed by atoms with E-state index in [9.17, 15) is 18.0 Å². The summed E-state index contributed by atoms with van der Waals surface area (Å²) in [6, 6.07) is 6.08. The number of nitrogens with zero attached hydrogens (tertiary/aromatic N) is 1. The molecular formula is C19H21ClF3N3O. The highest BCUT2D eigenvalue weighted by molar-refractivity contribution is 6.30. The van der Waals surface area contributed by atoms with Crippen molar-refractivity contribution >= 4 is 28.8 Å². The monoisotopic (exact) mass is 399 g/mol. The molecule has 4 nitrogen and oxygen atoms in total. The van der Waals surface area contributed by atoms with Crippen molar-refractivity contribution in [2.75, 3.05) is 7.05 Å². The molecule has 0 spiro atoms. The lowest BCUT2D eigenvalue weighted by molar-refractivity contribution is -0.128. The molecule has 8 heteroatoms. The lowest BCUT2D eigenvalue weighted by atomic mass is 9.98. The lowest BCUT2D eigenvalue weighted by Gasteiger charge is -2.32. The Morgan fingerprint density at radius 3 is 2.52 bits per heavy atom. The highest BCUT2D eigenvalue weighted by Crippen LogP contribution is 2.35. The summed E-state index contributed by atoms with van der Waals surface area (Å²) in [4.78, 5) is 14.3. The molecule has 0 bridgehead atoms. The van der Waals surface area contributed by atoms with Gasteiger partial charge in [0.2, 0.25) is 5.95 Å². The predicted molar refractivity (Wildman–Crippen MR) is 101 cm³/mol. The molecule has 0 aliphatic heterocycles. The van der Waals surface area contributed by atoms with Crippen molar-refractivity contribution in [1.82, 2.24) is 10.2 Å². The normalized spacial score (nSPS) is 15.8. The van der Waals surface area contributed by atoms with Crippen LogP contribution < -0.4 is 5.32 Å². The summed E-state index contributed by atoms with van der Waals surface area (Å²) in [6.07, 6.45) is -1.92. The van der Waals surface area contributed by atoms with Gasteiger partial charge in [-0.1, -0.05) is 30.3 Å². The standard InChI is InChI=1S/C19H21ClF3N3O/c1-10(12-5-4-6-13(20)9-12)11(2)26(14-7-8-14)19(27)15(18(23)25-3)16(24)17(21)22/h4-6,9,11,14,17,24-25H,1,7-8H2,2-3H3/b18-15+,24-16?. The predicted octanol–water partition coefficient (Wildman–Crippen LogP) is 4.42. The third-order valence-corrected chi connectivity index (χ3v) is 4.67. The second-order valence-electron chi connectivity index (χ2n) is 6.31. The molecule has 1 saturated carbocycles. The van der Waals surface area contributed by atoms with Crippen molar-refractivity contribution in [2.45, 2.75) is 38.3 Å². The highest BCUT2D eigenvalue weighted by Gasteiger charge is 2.41. The Bertz CT molecular complexity index is 790. The fourth-order valence-corrected chi connectivity index (χ4v) is 2.99. The maximum atomic E-state index is 14.1. The van der Waals surface area contributed by atoms with Crippen LogP contribution in [0.2, 0.25) is 5.02 Å². The summed E-state index contributed by atoms with van der Waals surface area (Å²) >= 11 is 6.00. The van der Waals surface area contributed by atoms with E-state index in [2.05, 4.69) is 11.9 Å². The molecule has 27 heavy (non-hydrogen) atoms. The van der Waals surface area contributed by atoms with E-state index < -0.39 is 35.6 Å². The first-order valence-corrected chi connectivity index (χ1v) is 8.78. The van der Waals surface area contributed by atoms with Crippen LogP contribution in [0.15, 0.2) is 42.4 Å². The van der Waals surface area contributed by atoms with Gasteiger partial charge in [-0.3, -0.25) is 10.2 Å². The van der Waals surface area contributed by atoms with E-state index in [0.717, 1.165) is 7.05 Å². The van der Waals surface area contributed by atoms with Crippen molar-refractivity contribution in [3.63, 3.8) is 0 Å². The summed E-state index contributed by atoms with van der Waals surface area (Å²) in [6.45, 7) is 5.70. The third-order valence-electron chi connectivity index (χ3n) is 4.43. The van der Waals surface area contributed by atoms with Gasteiger partial charge in [0, 0.05) is 18.1 Å². The van der Waals surface area contributed by atoms with Crippen molar-refractivity contribution < 1.29 is 18.0 Å². The Morgan fingerprint density at radius 1 is 1.41 bits per heavy atom. The second-order valence-corrected chi connectivity index (χ2v) is 6.74. The first kappa shape index (κ1) is 21.0. The summed E-state index contributed by atoms with van der Waals surface area (Å²) in [5.41, 5.74) is -1.06. The maximum absolute atomic E-state index is 14.1. The molecule has 0 heterocycles. The molecule has 0 aromatic heterocycles.